The maximum absolute atomic E-state index is 13.2. The molecule has 0 atom stereocenters. The summed E-state index contributed by atoms with van der Waals surface area (Å²) in [5, 5.41) is 3.08. The van der Waals surface area contributed by atoms with Gasteiger partial charge in [0.25, 0.3) is 11.7 Å². The summed E-state index contributed by atoms with van der Waals surface area (Å²) in [5.74, 6) is -3.71. The Labute approximate surface area is 109 Å². The van der Waals surface area contributed by atoms with Crippen molar-refractivity contribution in [1.82, 2.24) is 5.32 Å². The summed E-state index contributed by atoms with van der Waals surface area (Å²) in [4.78, 5) is 24.6. The Morgan fingerprint density at radius 1 is 1.16 bits per heavy atom. The number of hydrogen-bond acceptors (Lipinski definition) is 3. The second-order valence-corrected chi connectivity index (χ2v) is 4.32. The van der Waals surface area contributed by atoms with E-state index in [1.54, 1.807) is 0 Å². The van der Waals surface area contributed by atoms with Crippen molar-refractivity contribution < 1.29 is 18.4 Å². The molecule has 1 heterocycles. The van der Waals surface area contributed by atoms with Crippen LogP contribution < -0.4 is 10.2 Å². The highest BCUT2D eigenvalue weighted by Gasteiger charge is 2.36. The number of amides is 1. The Hall–Kier alpha value is -1.82. The molecular weight excluding hydrogens is 254 g/mol. The molecule has 0 saturated carbocycles. The molecule has 0 fully saturated rings. The Bertz CT molecular complexity index is 532. The number of anilines is 1. The number of rotatable bonds is 5. The molecule has 19 heavy (non-hydrogen) atoms. The van der Waals surface area contributed by atoms with Crippen LogP contribution in [0, 0.1) is 11.6 Å². The molecule has 2 rings (SSSR count). The van der Waals surface area contributed by atoms with Crippen LogP contribution in [0.5, 0.6) is 0 Å². The van der Waals surface area contributed by atoms with Crippen molar-refractivity contribution >= 4 is 17.4 Å². The van der Waals surface area contributed by atoms with Gasteiger partial charge in [0.1, 0.15) is 0 Å². The van der Waals surface area contributed by atoms with E-state index in [0.717, 1.165) is 25.1 Å². The average molecular weight is 268 g/mol. The second kappa shape index (κ2) is 5.44. The first kappa shape index (κ1) is 13.6. The van der Waals surface area contributed by atoms with Crippen LogP contribution in [-0.4, -0.2) is 31.3 Å². The number of carbonyl (C=O) groups excluding carboxylic acids is 2. The van der Waals surface area contributed by atoms with Gasteiger partial charge < -0.3 is 10.2 Å². The third-order valence-corrected chi connectivity index (χ3v) is 2.95. The van der Waals surface area contributed by atoms with Crippen LogP contribution >= 0.6 is 0 Å². The molecule has 1 aromatic rings. The van der Waals surface area contributed by atoms with Gasteiger partial charge in [-0.05, 0) is 19.0 Å². The standard InChI is InChI=1S/C13H14F2N2O2/c1-2-3-16-4-5-17-11-7-10(15)9(14)6-8(11)12(18)13(17)19/h6-7,16H,2-5H2,1H3. The number of carbonyl (C=O) groups is 2. The van der Waals surface area contributed by atoms with E-state index >= 15 is 0 Å². The van der Waals surface area contributed by atoms with E-state index in [0.29, 0.717) is 6.54 Å². The summed E-state index contributed by atoms with van der Waals surface area (Å²) in [6.07, 6.45) is 0.948. The lowest BCUT2D eigenvalue weighted by molar-refractivity contribution is -0.114. The number of Topliss-reactive ketones (excluding diaryl/α,β-unsaturated/α-hetero) is 1. The van der Waals surface area contributed by atoms with E-state index in [2.05, 4.69) is 5.32 Å². The van der Waals surface area contributed by atoms with Crippen LogP contribution in [-0.2, 0) is 4.79 Å². The zero-order valence-electron chi connectivity index (χ0n) is 10.5. The Morgan fingerprint density at radius 2 is 1.84 bits per heavy atom. The SMILES string of the molecule is CCCNCCN1C(=O)C(=O)c2cc(F)c(F)cc21. The number of ketones is 1. The van der Waals surface area contributed by atoms with Crippen molar-refractivity contribution in [2.45, 2.75) is 13.3 Å². The number of benzene rings is 1. The summed E-state index contributed by atoms with van der Waals surface area (Å²) in [5.41, 5.74) is 0.0755. The van der Waals surface area contributed by atoms with Gasteiger partial charge >= 0.3 is 0 Å². The summed E-state index contributed by atoms with van der Waals surface area (Å²) in [7, 11) is 0. The fourth-order valence-corrected chi connectivity index (χ4v) is 2.00. The lowest BCUT2D eigenvalue weighted by Gasteiger charge is -2.16. The van der Waals surface area contributed by atoms with Crippen LogP contribution in [0.2, 0.25) is 0 Å². The van der Waals surface area contributed by atoms with E-state index in [4.69, 9.17) is 0 Å². The van der Waals surface area contributed by atoms with E-state index in [1.165, 1.54) is 4.90 Å². The number of fused-ring (bicyclic) bond motifs is 1. The van der Waals surface area contributed by atoms with Crippen LogP contribution in [0.25, 0.3) is 0 Å². The van der Waals surface area contributed by atoms with Crippen molar-refractivity contribution in [3.63, 3.8) is 0 Å². The monoisotopic (exact) mass is 268 g/mol. The smallest absolute Gasteiger partial charge is 0.299 e. The number of halogens is 2. The molecule has 0 bridgehead atoms. The lowest BCUT2D eigenvalue weighted by Crippen LogP contribution is -2.36. The summed E-state index contributed by atoms with van der Waals surface area (Å²) < 4.78 is 26.3. The topological polar surface area (TPSA) is 49.4 Å². The molecule has 1 aliphatic heterocycles. The zero-order valence-corrected chi connectivity index (χ0v) is 10.5. The molecule has 1 N–H and O–H groups in total. The predicted molar refractivity (Wildman–Crippen MR) is 66.2 cm³/mol. The van der Waals surface area contributed by atoms with Gasteiger partial charge in [-0.2, -0.15) is 0 Å². The molecule has 1 amide bonds. The number of hydrogen-bond donors (Lipinski definition) is 1. The van der Waals surface area contributed by atoms with Gasteiger partial charge in [0.05, 0.1) is 11.3 Å². The molecule has 1 aliphatic rings. The normalized spacial score (nSPS) is 14.2. The molecule has 0 aliphatic carbocycles. The minimum atomic E-state index is -1.12. The summed E-state index contributed by atoms with van der Waals surface area (Å²) in [6, 6.07) is 1.68. The van der Waals surface area contributed by atoms with Crippen molar-refractivity contribution in [3.05, 3.63) is 29.3 Å². The Balaban J connectivity index is 2.21. The number of nitrogens with one attached hydrogen (secondary N) is 1. The fraction of sp³-hybridized carbons (Fsp3) is 0.385. The van der Waals surface area contributed by atoms with Crippen molar-refractivity contribution in [3.8, 4) is 0 Å². The summed E-state index contributed by atoms with van der Waals surface area (Å²) >= 11 is 0. The molecule has 0 spiro atoms. The van der Waals surface area contributed by atoms with Gasteiger partial charge in [0.2, 0.25) is 0 Å². The first-order chi connectivity index (χ1) is 9.06. The highest BCUT2D eigenvalue weighted by atomic mass is 19.2. The predicted octanol–water partition coefficient (Wildman–Crippen LogP) is 1.49. The summed E-state index contributed by atoms with van der Waals surface area (Å²) in [6.45, 7) is 3.54. The maximum atomic E-state index is 13.2. The maximum Gasteiger partial charge on any atom is 0.299 e. The van der Waals surface area contributed by atoms with E-state index in [9.17, 15) is 18.4 Å². The quantitative estimate of drug-likeness (QED) is 0.650. The highest BCUT2D eigenvalue weighted by Crippen LogP contribution is 2.30. The van der Waals surface area contributed by atoms with Crippen molar-refractivity contribution in [2.24, 2.45) is 0 Å². The number of nitrogens with zero attached hydrogens (tertiary/aromatic N) is 1. The van der Waals surface area contributed by atoms with Crippen LogP contribution in [0.15, 0.2) is 12.1 Å². The van der Waals surface area contributed by atoms with E-state index in [1.807, 2.05) is 6.92 Å². The zero-order chi connectivity index (χ0) is 14.0. The largest absolute Gasteiger partial charge is 0.315 e. The molecule has 0 aromatic heterocycles. The second-order valence-electron chi connectivity index (χ2n) is 4.32. The Morgan fingerprint density at radius 3 is 2.53 bits per heavy atom. The van der Waals surface area contributed by atoms with Gasteiger partial charge in [-0.3, -0.25) is 9.59 Å². The molecule has 6 heteroatoms. The van der Waals surface area contributed by atoms with Gasteiger partial charge in [-0.15, -0.1) is 0 Å². The van der Waals surface area contributed by atoms with Crippen LogP contribution in [0.1, 0.15) is 23.7 Å². The molecule has 102 valence electrons. The van der Waals surface area contributed by atoms with Gasteiger partial charge in [-0.1, -0.05) is 6.92 Å². The molecule has 0 unspecified atom stereocenters. The Kier molecular flexibility index (Phi) is 3.90. The molecule has 1 aromatic carbocycles. The van der Waals surface area contributed by atoms with Gasteiger partial charge in [-0.25, -0.2) is 8.78 Å². The van der Waals surface area contributed by atoms with Crippen LogP contribution in [0.3, 0.4) is 0 Å². The first-order valence-corrected chi connectivity index (χ1v) is 6.12. The van der Waals surface area contributed by atoms with Gasteiger partial charge in [0.15, 0.2) is 11.6 Å². The molecule has 4 nitrogen and oxygen atoms in total. The minimum Gasteiger partial charge on any atom is -0.315 e. The lowest BCUT2D eigenvalue weighted by atomic mass is 10.1. The molecular formula is C13H14F2N2O2. The highest BCUT2D eigenvalue weighted by molar-refractivity contribution is 6.52. The van der Waals surface area contributed by atoms with E-state index in [-0.39, 0.29) is 17.8 Å². The van der Waals surface area contributed by atoms with E-state index < -0.39 is 23.3 Å². The minimum absolute atomic E-state index is 0.0700. The fourth-order valence-electron chi connectivity index (χ4n) is 2.00. The van der Waals surface area contributed by atoms with Crippen LogP contribution in [0.4, 0.5) is 14.5 Å². The van der Waals surface area contributed by atoms with Crippen molar-refractivity contribution in [1.29, 1.82) is 0 Å². The third kappa shape index (κ3) is 2.49. The third-order valence-electron chi connectivity index (χ3n) is 2.95. The molecule has 0 radical (unpaired) electrons. The van der Waals surface area contributed by atoms with Gasteiger partial charge in [0, 0.05) is 19.2 Å². The van der Waals surface area contributed by atoms with Crippen molar-refractivity contribution in [2.75, 3.05) is 24.5 Å². The average Bonchev–Trinajstić information content (AvgIpc) is 2.60. The molecule has 0 saturated heterocycles. The first-order valence-electron chi connectivity index (χ1n) is 6.12.